The van der Waals surface area contributed by atoms with Crippen LogP contribution in [0.1, 0.15) is 55.7 Å². The van der Waals surface area contributed by atoms with Gasteiger partial charge in [-0.3, -0.25) is 13.9 Å². The minimum Gasteiger partial charge on any atom is -0.496 e. The topological polar surface area (TPSA) is 96.0 Å². The molecule has 1 atom stereocenters. The molecule has 8 nitrogen and oxygen atoms in total. The van der Waals surface area contributed by atoms with E-state index in [0.29, 0.717) is 22.3 Å². The fourth-order valence-electron chi connectivity index (χ4n) is 5.47. The van der Waals surface area contributed by atoms with E-state index in [9.17, 15) is 18.0 Å². The minimum atomic E-state index is -4.19. The maximum atomic E-state index is 14.3. The number of anilines is 1. The lowest BCUT2D eigenvalue weighted by molar-refractivity contribution is -0.140. The smallest absolute Gasteiger partial charge is 0.264 e. The lowest BCUT2D eigenvalue weighted by atomic mass is 10.1. The van der Waals surface area contributed by atoms with Crippen molar-refractivity contribution in [3.63, 3.8) is 0 Å². The predicted octanol–water partition coefficient (Wildman–Crippen LogP) is 6.14. The van der Waals surface area contributed by atoms with Gasteiger partial charge in [0.05, 0.1) is 22.2 Å². The monoisotopic (exact) mass is 669 g/mol. The van der Waals surface area contributed by atoms with Crippen LogP contribution in [0.5, 0.6) is 5.75 Å². The molecule has 3 aromatic rings. The van der Waals surface area contributed by atoms with E-state index in [2.05, 4.69) is 21.2 Å². The van der Waals surface area contributed by atoms with Crippen molar-refractivity contribution in [2.45, 2.75) is 76.4 Å². The third-order valence-electron chi connectivity index (χ3n) is 7.83. The zero-order valence-electron chi connectivity index (χ0n) is 25.2. The van der Waals surface area contributed by atoms with Crippen LogP contribution >= 0.6 is 15.9 Å². The Morgan fingerprint density at radius 2 is 1.70 bits per heavy atom. The van der Waals surface area contributed by atoms with Gasteiger partial charge in [0.15, 0.2) is 0 Å². The zero-order chi connectivity index (χ0) is 31.1. The highest BCUT2D eigenvalue weighted by atomic mass is 79.9. The van der Waals surface area contributed by atoms with E-state index in [1.807, 2.05) is 45.0 Å². The molecule has 0 saturated heterocycles. The molecule has 1 saturated carbocycles. The number of halogens is 1. The third-order valence-corrected chi connectivity index (χ3v) is 10.2. The number of rotatable bonds is 12. The number of amides is 2. The van der Waals surface area contributed by atoms with Gasteiger partial charge in [0.25, 0.3) is 10.0 Å². The number of aryl methyl sites for hydroxylation is 2. The summed E-state index contributed by atoms with van der Waals surface area (Å²) in [4.78, 5) is 29.4. The molecule has 43 heavy (non-hydrogen) atoms. The molecule has 230 valence electrons. The first-order valence-electron chi connectivity index (χ1n) is 14.6. The lowest BCUT2D eigenvalue weighted by Crippen LogP contribution is -2.53. The minimum absolute atomic E-state index is 0.00445. The van der Waals surface area contributed by atoms with Crippen LogP contribution in [-0.2, 0) is 26.2 Å². The molecule has 1 aliphatic rings. The van der Waals surface area contributed by atoms with Crippen LogP contribution in [0, 0.1) is 13.8 Å². The number of carbonyl (C=O) groups excluding carboxylic acids is 2. The number of benzene rings is 3. The molecule has 1 N–H and O–H groups in total. The van der Waals surface area contributed by atoms with Crippen LogP contribution < -0.4 is 14.4 Å². The molecule has 10 heteroatoms. The molecule has 0 radical (unpaired) electrons. The van der Waals surface area contributed by atoms with E-state index in [-0.39, 0.29) is 23.4 Å². The molecule has 0 spiro atoms. The molecule has 1 aliphatic carbocycles. The second kappa shape index (κ2) is 14.4. The van der Waals surface area contributed by atoms with Crippen molar-refractivity contribution in [2.24, 2.45) is 0 Å². The zero-order valence-corrected chi connectivity index (χ0v) is 27.6. The molecular weight excluding hydrogens is 630 g/mol. The first-order chi connectivity index (χ1) is 20.5. The largest absolute Gasteiger partial charge is 0.496 e. The van der Waals surface area contributed by atoms with Crippen molar-refractivity contribution in [3.8, 4) is 5.75 Å². The van der Waals surface area contributed by atoms with E-state index in [0.717, 1.165) is 46.7 Å². The molecule has 0 aromatic heterocycles. The number of hydrogen-bond donors (Lipinski definition) is 1. The summed E-state index contributed by atoms with van der Waals surface area (Å²) >= 11 is 3.38. The van der Waals surface area contributed by atoms with Gasteiger partial charge in [0.1, 0.15) is 18.3 Å². The van der Waals surface area contributed by atoms with Crippen LogP contribution in [0.2, 0.25) is 0 Å². The van der Waals surface area contributed by atoms with Gasteiger partial charge in [-0.05, 0) is 84.9 Å². The SMILES string of the molecule is CC[C@@H](C(=O)NC1CCCC1)N(Cc1cccc(C)c1)C(=O)CN(c1ccc(C)cc1)S(=O)(=O)c1ccc(OC)c(Br)c1. The summed E-state index contributed by atoms with van der Waals surface area (Å²) in [5, 5.41) is 3.14. The van der Waals surface area contributed by atoms with Crippen molar-refractivity contribution in [2.75, 3.05) is 18.0 Å². The third kappa shape index (κ3) is 7.97. The predicted molar refractivity (Wildman–Crippen MR) is 173 cm³/mol. The molecule has 4 rings (SSSR count). The first-order valence-corrected chi connectivity index (χ1v) is 16.8. The Balaban J connectivity index is 1.73. The maximum Gasteiger partial charge on any atom is 0.264 e. The van der Waals surface area contributed by atoms with E-state index >= 15 is 0 Å². The normalized spacial score (nSPS) is 14.3. The van der Waals surface area contributed by atoms with Gasteiger partial charge in [0.2, 0.25) is 11.8 Å². The molecule has 2 amide bonds. The van der Waals surface area contributed by atoms with E-state index in [1.54, 1.807) is 30.3 Å². The van der Waals surface area contributed by atoms with Crippen molar-refractivity contribution < 1.29 is 22.7 Å². The summed E-state index contributed by atoms with van der Waals surface area (Å²) in [6.07, 6.45) is 4.37. The van der Waals surface area contributed by atoms with Crippen LogP contribution in [-0.4, -0.2) is 50.9 Å². The quantitative estimate of drug-likeness (QED) is 0.250. The van der Waals surface area contributed by atoms with Gasteiger partial charge in [-0.25, -0.2) is 8.42 Å². The second-order valence-corrected chi connectivity index (χ2v) is 13.8. The standard InChI is InChI=1S/C33H40BrN3O5S/c1-5-30(33(39)35-26-11-6-7-12-26)36(21-25-10-8-9-24(3)19-25)32(38)22-37(27-15-13-23(2)14-16-27)43(40,41)28-17-18-31(42-4)29(34)20-28/h8-10,13-20,26,30H,5-7,11-12,21-22H2,1-4H3,(H,35,39)/t30-/m0/s1. The number of ether oxygens (including phenoxy) is 1. The van der Waals surface area contributed by atoms with Gasteiger partial charge in [-0.15, -0.1) is 0 Å². The Hall–Kier alpha value is -3.37. The molecule has 3 aromatic carbocycles. The number of hydrogen-bond acceptors (Lipinski definition) is 5. The Bertz CT molecular complexity index is 1540. The molecule has 0 bridgehead atoms. The van der Waals surface area contributed by atoms with Gasteiger partial charge in [-0.2, -0.15) is 0 Å². The number of methoxy groups -OCH3 is 1. The highest BCUT2D eigenvalue weighted by molar-refractivity contribution is 9.10. The van der Waals surface area contributed by atoms with Crippen molar-refractivity contribution >= 4 is 43.5 Å². The van der Waals surface area contributed by atoms with Gasteiger partial charge in [0, 0.05) is 12.6 Å². The summed E-state index contributed by atoms with van der Waals surface area (Å²) in [6.45, 7) is 5.45. The van der Waals surface area contributed by atoms with Crippen LogP contribution in [0.15, 0.2) is 76.1 Å². The Morgan fingerprint density at radius 3 is 2.30 bits per heavy atom. The number of sulfonamides is 1. The fourth-order valence-corrected chi connectivity index (χ4v) is 7.60. The second-order valence-electron chi connectivity index (χ2n) is 11.1. The number of carbonyl (C=O) groups is 2. The van der Waals surface area contributed by atoms with Crippen LogP contribution in [0.4, 0.5) is 5.69 Å². The maximum absolute atomic E-state index is 14.3. The lowest BCUT2D eigenvalue weighted by Gasteiger charge is -2.34. The summed E-state index contributed by atoms with van der Waals surface area (Å²) in [7, 11) is -2.69. The molecule has 1 fully saturated rings. The molecule has 0 unspecified atom stereocenters. The van der Waals surface area contributed by atoms with Gasteiger partial charge in [-0.1, -0.05) is 67.3 Å². The summed E-state index contributed by atoms with van der Waals surface area (Å²) in [6, 6.07) is 18.6. The van der Waals surface area contributed by atoms with Crippen molar-refractivity contribution in [1.29, 1.82) is 0 Å². The molecule has 0 heterocycles. The summed E-state index contributed by atoms with van der Waals surface area (Å²) < 4.78 is 35.2. The Kier molecular flexibility index (Phi) is 10.9. The first kappa shape index (κ1) is 32.5. The number of nitrogens with one attached hydrogen (secondary N) is 1. The average molecular weight is 671 g/mol. The average Bonchev–Trinajstić information content (AvgIpc) is 3.49. The highest BCUT2D eigenvalue weighted by Crippen LogP contribution is 2.31. The van der Waals surface area contributed by atoms with E-state index in [1.165, 1.54) is 24.1 Å². The summed E-state index contributed by atoms with van der Waals surface area (Å²) in [5.41, 5.74) is 3.20. The van der Waals surface area contributed by atoms with Crippen LogP contribution in [0.3, 0.4) is 0 Å². The highest BCUT2D eigenvalue weighted by Gasteiger charge is 2.34. The van der Waals surface area contributed by atoms with Crippen LogP contribution in [0.25, 0.3) is 0 Å². The Morgan fingerprint density at radius 1 is 1.00 bits per heavy atom. The van der Waals surface area contributed by atoms with Gasteiger partial charge >= 0.3 is 0 Å². The molecular formula is C33H40BrN3O5S. The summed E-state index contributed by atoms with van der Waals surface area (Å²) in [5.74, 6) is -0.189. The number of nitrogens with zero attached hydrogens (tertiary/aromatic N) is 2. The van der Waals surface area contributed by atoms with Gasteiger partial charge < -0.3 is 15.0 Å². The molecule has 0 aliphatic heterocycles. The van der Waals surface area contributed by atoms with E-state index in [4.69, 9.17) is 4.74 Å². The Labute approximate surface area is 263 Å². The van der Waals surface area contributed by atoms with Crippen molar-refractivity contribution in [3.05, 3.63) is 87.9 Å². The van der Waals surface area contributed by atoms with Crippen molar-refractivity contribution in [1.82, 2.24) is 10.2 Å². The van der Waals surface area contributed by atoms with E-state index < -0.39 is 28.5 Å². The fraction of sp³-hybridized carbons (Fsp3) is 0.394.